The first-order chi connectivity index (χ1) is 21.0. The Labute approximate surface area is 261 Å². The Morgan fingerprint density at radius 2 is 1.95 bits per heavy atom. The van der Waals surface area contributed by atoms with E-state index in [1.54, 1.807) is 12.1 Å². The zero-order valence-electron chi connectivity index (χ0n) is 25.8. The number of aromatic hydroxyl groups is 1. The molecule has 44 heavy (non-hydrogen) atoms. The lowest BCUT2D eigenvalue weighted by molar-refractivity contribution is -0.139. The van der Waals surface area contributed by atoms with Gasteiger partial charge in [-0.1, -0.05) is 37.3 Å². The average molecular weight is 628 g/mol. The van der Waals surface area contributed by atoms with Crippen LogP contribution in [-0.4, -0.2) is 77.3 Å². The van der Waals surface area contributed by atoms with Gasteiger partial charge in [0, 0.05) is 10.3 Å². The quantitative estimate of drug-likeness (QED) is 0.417. The molecule has 238 valence electrons. The molecule has 3 amide bonds. The van der Waals surface area contributed by atoms with Gasteiger partial charge in [0.25, 0.3) is 0 Å². The van der Waals surface area contributed by atoms with E-state index in [0.717, 1.165) is 11.1 Å². The number of phenolic OH excluding ortho intramolecular Hbond substituents is 1. The van der Waals surface area contributed by atoms with E-state index >= 15 is 0 Å². The van der Waals surface area contributed by atoms with Crippen molar-refractivity contribution >= 4 is 35.4 Å². The van der Waals surface area contributed by atoms with Crippen LogP contribution in [0.2, 0.25) is 0 Å². The molecule has 0 aliphatic carbocycles. The molecule has 2 aromatic carbocycles. The summed E-state index contributed by atoms with van der Waals surface area (Å²) < 4.78 is 22.4. The van der Waals surface area contributed by atoms with Crippen LogP contribution < -0.4 is 15.4 Å². The van der Waals surface area contributed by atoms with Crippen LogP contribution in [-0.2, 0) is 30.3 Å². The van der Waals surface area contributed by atoms with Gasteiger partial charge in [-0.3, -0.25) is 14.5 Å². The lowest BCUT2D eigenvalue weighted by Crippen LogP contribution is -2.52. The van der Waals surface area contributed by atoms with Gasteiger partial charge >= 0.3 is 6.09 Å². The number of fused-ring (bicyclic) bond motifs is 1. The molecule has 11 nitrogen and oxygen atoms in total. The molecule has 5 atom stereocenters. The van der Waals surface area contributed by atoms with Gasteiger partial charge in [-0.25, -0.2) is 4.79 Å². The Kier molecular flexibility index (Phi) is 9.33. The molecule has 0 aromatic heterocycles. The zero-order chi connectivity index (χ0) is 31.8. The van der Waals surface area contributed by atoms with Crippen LogP contribution in [0.5, 0.6) is 11.5 Å². The third-order valence-electron chi connectivity index (χ3n) is 8.86. The SMILES string of the molecule is CC[C@H](C(=O)N1CSC(C)(C)[C@H]1C(N)=O)c1ccc(OC)c(N(Cc2ccccc2C)C(=O)O[C@@H]2CO[C@@H]3OCC[C@H]32)c1O. The number of nitrogens with two attached hydrogens (primary N) is 1. The van der Waals surface area contributed by atoms with Crippen LogP contribution in [0.1, 0.15) is 56.2 Å². The second kappa shape index (κ2) is 12.9. The largest absolute Gasteiger partial charge is 0.505 e. The third kappa shape index (κ3) is 5.94. The van der Waals surface area contributed by atoms with Crippen LogP contribution in [0, 0.1) is 12.8 Å². The minimum absolute atomic E-state index is 0.0719. The second-order valence-electron chi connectivity index (χ2n) is 12.0. The molecule has 0 unspecified atom stereocenters. The molecule has 3 aliphatic heterocycles. The minimum atomic E-state index is -0.813. The summed E-state index contributed by atoms with van der Waals surface area (Å²) in [4.78, 5) is 43.3. The average Bonchev–Trinajstić information content (AvgIpc) is 3.69. The van der Waals surface area contributed by atoms with Crippen molar-refractivity contribution in [3.05, 3.63) is 53.1 Å². The highest BCUT2D eigenvalue weighted by atomic mass is 32.2. The number of carbonyl (C=O) groups excluding carboxylic acids is 3. The number of nitrogens with zero attached hydrogens (tertiary/aromatic N) is 2. The number of carbonyl (C=O) groups is 3. The smallest absolute Gasteiger partial charge is 0.415 e. The highest BCUT2D eigenvalue weighted by Crippen LogP contribution is 2.47. The van der Waals surface area contributed by atoms with E-state index in [-0.39, 0.29) is 42.2 Å². The van der Waals surface area contributed by atoms with Crippen molar-refractivity contribution in [2.45, 2.75) is 76.2 Å². The van der Waals surface area contributed by atoms with Crippen LogP contribution in [0.3, 0.4) is 0 Å². The van der Waals surface area contributed by atoms with E-state index in [0.29, 0.717) is 30.9 Å². The molecule has 3 N–H and O–H groups in total. The molecule has 0 bridgehead atoms. The van der Waals surface area contributed by atoms with Crippen molar-refractivity contribution in [3.8, 4) is 11.5 Å². The Morgan fingerprint density at radius 1 is 1.20 bits per heavy atom. The van der Waals surface area contributed by atoms with Crippen molar-refractivity contribution in [2.75, 3.05) is 31.1 Å². The number of hydrogen-bond acceptors (Lipinski definition) is 9. The van der Waals surface area contributed by atoms with Crippen molar-refractivity contribution < 1.29 is 38.4 Å². The number of amides is 3. The van der Waals surface area contributed by atoms with Gasteiger partial charge in [0.05, 0.1) is 44.6 Å². The highest BCUT2D eigenvalue weighted by Gasteiger charge is 2.49. The minimum Gasteiger partial charge on any atom is -0.505 e. The molecule has 3 saturated heterocycles. The number of phenols is 1. The molecule has 3 fully saturated rings. The maximum absolute atomic E-state index is 14.0. The molecular formula is C32H41N3O8S. The van der Waals surface area contributed by atoms with E-state index < -0.39 is 41.1 Å². The van der Waals surface area contributed by atoms with Crippen LogP contribution >= 0.6 is 11.8 Å². The van der Waals surface area contributed by atoms with Crippen molar-refractivity contribution in [2.24, 2.45) is 11.7 Å². The first-order valence-corrected chi connectivity index (χ1v) is 15.9. The third-order valence-corrected chi connectivity index (χ3v) is 10.2. The molecule has 2 aromatic rings. The number of primary amides is 1. The first kappa shape index (κ1) is 31.9. The standard InChI is InChI=1S/C32H41N3O8S/c1-6-20(29(38)35-17-44-32(3,4)27(35)28(33)37)21-11-12-23(40-5)25(26(21)36)34(15-19-10-8-7-9-18(19)2)31(39)43-24-16-42-30-22(24)13-14-41-30/h7-12,20,22,24,27,30,36H,6,13-17H2,1-5H3,(H2,33,37)/t20-,22-,24+,27+,30-/m0/s1. The topological polar surface area (TPSA) is 141 Å². The monoisotopic (exact) mass is 627 g/mol. The zero-order valence-corrected chi connectivity index (χ0v) is 26.6. The summed E-state index contributed by atoms with van der Waals surface area (Å²) in [6.07, 6.45) is -0.569. The number of aryl methyl sites for hydroxylation is 1. The summed E-state index contributed by atoms with van der Waals surface area (Å²) in [5.74, 6) is -1.56. The molecule has 0 spiro atoms. The van der Waals surface area contributed by atoms with E-state index in [1.165, 1.54) is 28.7 Å². The highest BCUT2D eigenvalue weighted by molar-refractivity contribution is 8.00. The number of anilines is 1. The number of hydrogen-bond donors (Lipinski definition) is 2. The number of rotatable bonds is 9. The fraction of sp³-hybridized carbons (Fsp3) is 0.531. The molecule has 3 heterocycles. The summed E-state index contributed by atoms with van der Waals surface area (Å²) >= 11 is 1.47. The molecule has 5 rings (SSSR count). The first-order valence-electron chi connectivity index (χ1n) is 14.9. The Hall–Kier alpha value is -3.48. The molecule has 0 saturated carbocycles. The van der Waals surface area contributed by atoms with Crippen LogP contribution in [0.25, 0.3) is 0 Å². The van der Waals surface area contributed by atoms with Gasteiger partial charge in [-0.2, -0.15) is 0 Å². The normalized spacial score (nSPS) is 24.5. The number of ether oxygens (including phenoxy) is 4. The summed E-state index contributed by atoms with van der Waals surface area (Å²) in [7, 11) is 1.45. The van der Waals surface area contributed by atoms with Gasteiger partial charge in [-0.15, -0.1) is 11.8 Å². The Bertz CT molecular complexity index is 1420. The Morgan fingerprint density at radius 3 is 2.64 bits per heavy atom. The Balaban J connectivity index is 1.54. The number of thioether (sulfide) groups is 1. The van der Waals surface area contributed by atoms with Gasteiger partial charge in [0.2, 0.25) is 11.8 Å². The van der Waals surface area contributed by atoms with E-state index in [1.807, 2.05) is 52.0 Å². The van der Waals surface area contributed by atoms with E-state index in [9.17, 15) is 19.5 Å². The van der Waals surface area contributed by atoms with Gasteiger partial charge in [-0.05, 0) is 50.8 Å². The second-order valence-corrected chi connectivity index (χ2v) is 13.6. The molecule has 3 aliphatic rings. The van der Waals surface area contributed by atoms with Gasteiger partial charge in [0.15, 0.2) is 6.29 Å². The van der Waals surface area contributed by atoms with E-state index in [2.05, 4.69) is 0 Å². The molecule has 0 radical (unpaired) electrons. The fourth-order valence-corrected chi connectivity index (χ4v) is 7.55. The van der Waals surface area contributed by atoms with Crippen molar-refractivity contribution in [1.29, 1.82) is 0 Å². The maximum Gasteiger partial charge on any atom is 0.415 e. The molecule has 12 heteroatoms. The molecular weight excluding hydrogens is 586 g/mol. The van der Waals surface area contributed by atoms with Crippen LogP contribution in [0.4, 0.5) is 10.5 Å². The van der Waals surface area contributed by atoms with Crippen molar-refractivity contribution in [1.82, 2.24) is 4.90 Å². The predicted molar refractivity (Wildman–Crippen MR) is 165 cm³/mol. The maximum atomic E-state index is 14.0. The van der Waals surface area contributed by atoms with Gasteiger partial charge < -0.3 is 34.7 Å². The number of benzene rings is 2. The summed E-state index contributed by atoms with van der Waals surface area (Å²) in [6.45, 7) is 8.35. The lowest BCUT2D eigenvalue weighted by atomic mass is 9.91. The van der Waals surface area contributed by atoms with Gasteiger partial charge in [0.1, 0.15) is 29.3 Å². The summed E-state index contributed by atoms with van der Waals surface area (Å²) in [5.41, 5.74) is 7.92. The number of methoxy groups -OCH3 is 1. The predicted octanol–water partition coefficient (Wildman–Crippen LogP) is 4.27. The van der Waals surface area contributed by atoms with Crippen molar-refractivity contribution in [3.63, 3.8) is 0 Å². The van der Waals surface area contributed by atoms with E-state index in [4.69, 9.17) is 24.7 Å². The fourth-order valence-electron chi connectivity index (χ4n) is 6.40. The summed E-state index contributed by atoms with van der Waals surface area (Å²) in [6, 6.07) is 10.1. The lowest BCUT2D eigenvalue weighted by Gasteiger charge is -2.32. The van der Waals surface area contributed by atoms with Crippen LogP contribution in [0.15, 0.2) is 36.4 Å². The summed E-state index contributed by atoms with van der Waals surface area (Å²) in [5, 5.41) is 11.9.